The molecule has 1 unspecified atom stereocenters. The van der Waals surface area contributed by atoms with Crippen LogP contribution in [0.15, 0.2) is 40.9 Å². The van der Waals surface area contributed by atoms with E-state index in [1.54, 1.807) is 36.4 Å². The molecule has 1 aliphatic carbocycles. The summed E-state index contributed by atoms with van der Waals surface area (Å²) in [7, 11) is 0. The Labute approximate surface area is 133 Å². The minimum absolute atomic E-state index is 0.00290. The van der Waals surface area contributed by atoms with Crippen LogP contribution in [0.1, 0.15) is 44.9 Å². The predicted octanol–water partition coefficient (Wildman–Crippen LogP) is 2.13. The van der Waals surface area contributed by atoms with E-state index in [1.165, 1.54) is 0 Å². The van der Waals surface area contributed by atoms with E-state index in [9.17, 15) is 12.8 Å². The van der Waals surface area contributed by atoms with E-state index in [0.717, 1.165) is 19.3 Å². The Hall–Kier alpha value is -1.00. The van der Waals surface area contributed by atoms with Crippen molar-refractivity contribution < 1.29 is 17.9 Å². The Balaban J connectivity index is 2.38. The molecule has 0 amide bonds. The third-order valence-electron chi connectivity index (χ3n) is 4.13. The zero-order valence-corrected chi connectivity index (χ0v) is 14.5. The van der Waals surface area contributed by atoms with Crippen molar-refractivity contribution in [2.45, 2.75) is 50.5 Å². The third-order valence-corrected chi connectivity index (χ3v) is 8.13. The molecule has 5 heteroatoms. The Morgan fingerprint density at radius 3 is 2.50 bits per heavy atom. The molecule has 122 valence electrons. The zero-order valence-electron chi connectivity index (χ0n) is 12.7. The summed E-state index contributed by atoms with van der Waals surface area (Å²) in [5, 5.41) is 19.7. The van der Waals surface area contributed by atoms with E-state index >= 15 is 0 Å². The van der Waals surface area contributed by atoms with Gasteiger partial charge in [-0.25, -0.2) is 0 Å². The van der Waals surface area contributed by atoms with E-state index in [0.29, 0.717) is 34.6 Å². The number of rotatable bonds is 5. The second-order valence-electron chi connectivity index (χ2n) is 5.92. The van der Waals surface area contributed by atoms with Gasteiger partial charge in [-0.1, -0.05) is 0 Å². The molecule has 0 bridgehead atoms. The minimum atomic E-state index is -4.43. The van der Waals surface area contributed by atoms with Crippen molar-refractivity contribution in [1.82, 2.24) is 0 Å². The van der Waals surface area contributed by atoms with Crippen LogP contribution in [-0.2, 0) is 7.67 Å². The summed E-state index contributed by atoms with van der Waals surface area (Å²) < 4.78 is 26.4. The van der Waals surface area contributed by atoms with E-state index in [1.807, 2.05) is 0 Å². The quantitative estimate of drug-likeness (QED) is 0.778. The first-order chi connectivity index (χ1) is 10.5. The molecule has 1 aliphatic rings. The van der Waals surface area contributed by atoms with Crippen LogP contribution in [0.5, 0.6) is 0 Å². The van der Waals surface area contributed by atoms with Gasteiger partial charge in [0.25, 0.3) is 0 Å². The summed E-state index contributed by atoms with van der Waals surface area (Å²) in [6, 6.07) is 8.47. The van der Waals surface area contributed by atoms with Crippen molar-refractivity contribution in [3.05, 3.63) is 40.9 Å². The van der Waals surface area contributed by atoms with Crippen LogP contribution in [0, 0.1) is 0 Å². The van der Waals surface area contributed by atoms with Gasteiger partial charge in [0, 0.05) is 0 Å². The molecule has 0 spiro atoms. The van der Waals surface area contributed by atoms with Crippen molar-refractivity contribution in [3.63, 3.8) is 0 Å². The van der Waals surface area contributed by atoms with Gasteiger partial charge in [-0.05, 0) is 0 Å². The molecule has 4 nitrogen and oxygen atoms in total. The van der Waals surface area contributed by atoms with E-state index in [-0.39, 0.29) is 6.61 Å². The van der Waals surface area contributed by atoms with E-state index < -0.39 is 18.3 Å². The topological polar surface area (TPSA) is 74.6 Å². The normalized spacial score (nSPS) is 25.8. The number of hydrogen-bond acceptors (Lipinski definition) is 4. The first kappa shape index (κ1) is 17.4. The van der Waals surface area contributed by atoms with E-state index in [4.69, 9.17) is 5.11 Å². The molecular weight excluding hydrogens is 347 g/mol. The molecule has 2 rings (SSSR count). The fourth-order valence-electron chi connectivity index (χ4n) is 2.90. The van der Waals surface area contributed by atoms with Crippen LogP contribution in [0.4, 0.5) is 0 Å². The maximum atomic E-state index is 12.9. The molecule has 0 radical (unpaired) electrons. The van der Waals surface area contributed by atoms with Crippen LogP contribution in [0.3, 0.4) is 0 Å². The Morgan fingerprint density at radius 2 is 1.82 bits per heavy atom. The second-order valence-corrected chi connectivity index (χ2v) is 10.1. The summed E-state index contributed by atoms with van der Waals surface area (Å²) in [5.74, 6) is 0. The van der Waals surface area contributed by atoms with Gasteiger partial charge in [0.2, 0.25) is 0 Å². The van der Waals surface area contributed by atoms with Crippen LogP contribution < -0.4 is 4.46 Å². The standard InChI is InChI=1S/C17H24O4Se/c18-13-7-12-17(19)11-6-2-5-10-16(14-17)22(20,21)15-8-3-1-4-9-15/h1,3-4,8-9,14,18-19H,2,5-7,10-13H2/b16-14+. The van der Waals surface area contributed by atoms with Gasteiger partial charge in [0.05, 0.1) is 0 Å². The number of allylic oxidation sites excluding steroid dienone is 1. The summed E-state index contributed by atoms with van der Waals surface area (Å²) in [6.07, 6.45) is 6.11. The molecule has 2 N–H and O–H groups in total. The molecule has 1 aromatic carbocycles. The molecule has 1 atom stereocenters. The number of hydrogen-bond donors (Lipinski definition) is 2. The Morgan fingerprint density at radius 1 is 1.09 bits per heavy atom. The van der Waals surface area contributed by atoms with Crippen molar-refractivity contribution >= 4 is 17.2 Å². The molecule has 0 aliphatic heterocycles. The molecule has 0 saturated heterocycles. The number of aliphatic hydroxyl groups excluding tert-OH is 1. The Kier molecular flexibility index (Phi) is 5.93. The fourth-order valence-corrected chi connectivity index (χ4v) is 6.27. The monoisotopic (exact) mass is 372 g/mol. The molecule has 0 saturated carbocycles. The van der Waals surface area contributed by atoms with Crippen molar-refractivity contribution in [2.24, 2.45) is 0 Å². The Bertz CT molecular complexity index is 607. The third kappa shape index (κ3) is 4.26. The first-order valence-electron chi connectivity index (χ1n) is 7.83. The maximum absolute atomic E-state index is 12.9. The molecular formula is C17H24O4Se. The summed E-state index contributed by atoms with van der Waals surface area (Å²) in [4.78, 5) is 0. The van der Waals surface area contributed by atoms with Gasteiger partial charge >= 0.3 is 133 Å². The molecule has 22 heavy (non-hydrogen) atoms. The summed E-state index contributed by atoms with van der Waals surface area (Å²) >= 11 is -4.43. The van der Waals surface area contributed by atoms with Gasteiger partial charge in [-0.15, -0.1) is 0 Å². The van der Waals surface area contributed by atoms with Crippen molar-refractivity contribution in [1.29, 1.82) is 0 Å². The molecule has 0 aromatic heterocycles. The van der Waals surface area contributed by atoms with E-state index in [2.05, 4.69) is 0 Å². The van der Waals surface area contributed by atoms with Gasteiger partial charge in [-0.2, -0.15) is 0 Å². The zero-order chi connectivity index (χ0) is 16.1. The fraction of sp³-hybridized carbons (Fsp3) is 0.529. The van der Waals surface area contributed by atoms with Gasteiger partial charge in [-0.3, -0.25) is 0 Å². The molecule has 0 fully saturated rings. The average Bonchev–Trinajstić information content (AvgIpc) is 2.50. The molecule has 1 aromatic rings. The molecule has 0 heterocycles. The van der Waals surface area contributed by atoms with Crippen molar-refractivity contribution in [2.75, 3.05) is 6.61 Å². The SMILES string of the molecule is O=[Se](=O)(/C1=C/C(O)(CCCO)CCCCC1)c1ccccc1. The van der Waals surface area contributed by atoms with Crippen LogP contribution in [0.25, 0.3) is 0 Å². The summed E-state index contributed by atoms with van der Waals surface area (Å²) in [6.45, 7) is 0.00290. The second kappa shape index (κ2) is 7.51. The first-order valence-corrected chi connectivity index (χ1v) is 10.9. The number of aliphatic hydroxyl groups is 2. The van der Waals surface area contributed by atoms with Gasteiger partial charge < -0.3 is 0 Å². The predicted molar refractivity (Wildman–Crippen MR) is 85.6 cm³/mol. The average molecular weight is 371 g/mol. The number of benzene rings is 1. The van der Waals surface area contributed by atoms with Crippen LogP contribution in [0.2, 0.25) is 0 Å². The van der Waals surface area contributed by atoms with Gasteiger partial charge in [0.15, 0.2) is 0 Å². The van der Waals surface area contributed by atoms with Crippen LogP contribution >= 0.6 is 0 Å². The van der Waals surface area contributed by atoms with Gasteiger partial charge in [0.1, 0.15) is 0 Å². The summed E-state index contributed by atoms with van der Waals surface area (Å²) in [5.41, 5.74) is -1.12. The van der Waals surface area contributed by atoms with Crippen LogP contribution in [-0.4, -0.2) is 35.1 Å². The van der Waals surface area contributed by atoms with Crippen molar-refractivity contribution in [3.8, 4) is 0 Å².